The van der Waals surface area contributed by atoms with Crippen LogP contribution in [0.2, 0.25) is 0 Å². The number of amides is 1. The van der Waals surface area contributed by atoms with Crippen molar-refractivity contribution in [3.63, 3.8) is 0 Å². The van der Waals surface area contributed by atoms with E-state index in [1.807, 2.05) is 61.1 Å². The van der Waals surface area contributed by atoms with Gasteiger partial charge in [0.25, 0.3) is 5.91 Å². The third-order valence-corrected chi connectivity index (χ3v) is 5.55. The van der Waals surface area contributed by atoms with Gasteiger partial charge in [-0.3, -0.25) is 4.79 Å². The van der Waals surface area contributed by atoms with Crippen molar-refractivity contribution in [1.82, 2.24) is 20.9 Å². The number of rotatable bonds is 11. The number of hydrogen-bond donors (Lipinski definition) is 3. The summed E-state index contributed by atoms with van der Waals surface area (Å²) in [5.41, 5.74) is 1.67. The van der Waals surface area contributed by atoms with Gasteiger partial charge in [0, 0.05) is 41.9 Å². The number of hydrogen-bond acceptors (Lipinski definition) is 4. The average Bonchev–Trinajstić information content (AvgIpc) is 2.76. The van der Waals surface area contributed by atoms with E-state index >= 15 is 0 Å². The molecule has 1 amide bonds. The van der Waals surface area contributed by atoms with E-state index in [2.05, 4.69) is 54.1 Å². The van der Waals surface area contributed by atoms with E-state index in [4.69, 9.17) is 4.99 Å². The molecule has 0 saturated carbocycles. The maximum absolute atomic E-state index is 12.4. The van der Waals surface area contributed by atoms with E-state index in [0.717, 1.165) is 31.2 Å². The molecule has 0 radical (unpaired) electrons. The number of likely N-dealkylation sites (N-methyl/N-ethyl adjacent to an activating group) is 1. The van der Waals surface area contributed by atoms with E-state index in [1.54, 1.807) is 0 Å². The van der Waals surface area contributed by atoms with Gasteiger partial charge in [-0.05, 0) is 50.8 Å². The molecule has 2 aromatic carbocycles. The third kappa shape index (κ3) is 9.89. The maximum atomic E-state index is 12.4. The van der Waals surface area contributed by atoms with Gasteiger partial charge in [0.15, 0.2) is 5.96 Å². The molecule has 0 bridgehead atoms. The van der Waals surface area contributed by atoms with Crippen LogP contribution in [0, 0.1) is 0 Å². The molecule has 0 saturated heterocycles. The van der Waals surface area contributed by atoms with Crippen LogP contribution < -0.4 is 16.0 Å². The van der Waals surface area contributed by atoms with Crippen LogP contribution in [0.3, 0.4) is 0 Å². The van der Waals surface area contributed by atoms with Gasteiger partial charge in [-0.25, -0.2) is 4.99 Å². The zero-order chi connectivity index (χ0) is 22.5. The molecule has 1 atom stereocenters. The number of nitrogens with one attached hydrogen (secondary N) is 3. The minimum atomic E-state index is -0.0514. The van der Waals surface area contributed by atoms with Crippen molar-refractivity contribution in [3.05, 3.63) is 65.7 Å². The Kier molecular flexibility index (Phi) is 11.0. The Bertz CT molecular complexity index is 826. The van der Waals surface area contributed by atoms with Crippen LogP contribution in [-0.4, -0.2) is 62.3 Å². The lowest BCUT2D eigenvalue weighted by Gasteiger charge is -2.16. The van der Waals surface area contributed by atoms with Gasteiger partial charge in [0.05, 0.1) is 6.54 Å². The molecule has 2 aromatic rings. The Morgan fingerprint density at radius 3 is 2.55 bits per heavy atom. The highest BCUT2D eigenvalue weighted by Gasteiger charge is 2.08. The molecule has 0 aliphatic rings. The SMILES string of the molecule is CCNC(=NCc1cccc(C(=O)NCCN(C)C)c1)NCC(C)Sc1ccccc1. The first kappa shape index (κ1) is 24.8. The molecule has 0 fully saturated rings. The molecule has 168 valence electrons. The Morgan fingerprint density at radius 2 is 1.84 bits per heavy atom. The first-order valence-corrected chi connectivity index (χ1v) is 11.6. The number of nitrogens with zero attached hydrogens (tertiary/aromatic N) is 2. The third-order valence-electron chi connectivity index (χ3n) is 4.44. The first-order chi connectivity index (χ1) is 15.0. The molecule has 2 rings (SSSR count). The molecular formula is C24H35N5OS. The zero-order valence-corrected chi connectivity index (χ0v) is 19.8. The fourth-order valence-electron chi connectivity index (χ4n) is 2.83. The van der Waals surface area contributed by atoms with Gasteiger partial charge in [-0.15, -0.1) is 11.8 Å². The van der Waals surface area contributed by atoms with Gasteiger partial charge in [0.2, 0.25) is 0 Å². The lowest BCUT2D eigenvalue weighted by molar-refractivity contribution is 0.0951. The topological polar surface area (TPSA) is 68.8 Å². The van der Waals surface area contributed by atoms with E-state index in [9.17, 15) is 4.79 Å². The zero-order valence-electron chi connectivity index (χ0n) is 19.0. The van der Waals surface area contributed by atoms with Crippen molar-refractivity contribution in [2.24, 2.45) is 4.99 Å². The highest BCUT2D eigenvalue weighted by Crippen LogP contribution is 2.21. The highest BCUT2D eigenvalue weighted by molar-refractivity contribution is 8.00. The molecule has 0 spiro atoms. The second kappa shape index (κ2) is 13.7. The number of benzene rings is 2. The largest absolute Gasteiger partial charge is 0.357 e. The fraction of sp³-hybridized carbons (Fsp3) is 0.417. The quantitative estimate of drug-likeness (QED) is 0.284. The fourth-order valence-corrected chi connectivity index (χ4v) is 3.78. The van der Waals surface area contributed by atoms with Crippen LogP contribution in [0.1, 0.15) is 29.8 Å². The predicted octanol–water partition coefficient (Wildman–Crippen LogP) is 3.21. The van der Waals surface area contributed by atoms with Crippen LogP contribution in [-0.2, 0) is 6.54 Å². The Hall–Kier alpha value is -2.51. The number of thioether (sulfide) groups is 1. The summed E-state index contributed by atoms with van der Waals surface area (Å²) in [4.78, 5) is 20.4. The summed E-state index contributed by atoms with van der Waals surface area (Å²) in [6, 6.07) is 18.1. The monoisotopic (exact) mass is 441 g/mol. The van der Waals surface area contributed by atoms with Crippen LogP contribution in [0.5, 0.6) is 0 Å². The maximum Gasteiger partial charge on any atom is 0.251 e. The molecule has 0 heterocycles. The number of guanidine groups is 1. The van der Waals surface area contributed by atoms with Crippen molar-refractivity contribution in [1.29, 1.82) is 0 Å². The second-order valence-electron chi connectivity index (χ2n) is 7.58. The average molecular weight is 442 g/mol. The lowest BCUT2D eigenvalue weighted by Crippen LogP contribution is -2.40. The lowest BCUT2D eigenvalue weighted by atomic mass is 10.1. The van der Waals surface area contributed by atoms with Crippen LogP contribution in [0.25, 0.3) is 0 Å². The summed E-state index contributed by atoms with van der Waals surface area (Å²) in [5.74, 6) is 0.730. The molecule has 7 heteroatoms. The van der Waals surface area contributed by atoms with Crippen LogP contribution >= 0.6 is 11.8 Å². The van der Waals surface area contributed by atoms with Gasteiger partial charge >= 0.3 is 0 Å². The Balaban J connectivity index is 1.90. The van der Waals surface area contributed by atoms with Crippen molar-refractivity contribution >= 4 is 23.6 Å². The van der Waals surface area contributed by atoms with Crippen LogP contribution in [0.15, 0.2) is 64.5 Å². The normalized spacial score (nSPS) is 12.5. The molecule has 3 N–H and O–H groups in total. The molecule has 1 unspecified atom stereocenters. The Labute approximate surface area is 190 Å². The van der Waals surface area contributed by atoms with E-state index in [1.165, 1.54) is 4.90 Å². The summed E-state index contributed by atoms with van der Waals surface area (Å²) in [7, 11) is 3.98. The summed E-state index contributed by atoms with van der Waals surface area (Å²) in [6.07, 6.45) is 0. The number of carbonyl (C=O) groups is 1. The van der Waals surface area contributed by atoms with E-state index in [0.29, 0.717) is 23.9 Å². The minimum absolute atomic E-state index is 0.0514. The molecular weight excluding hydrogens is 406 g/mol. The van der Waals surface area contributed by atoms with Gasteiger partial charge in [-0.2, -0.15) is 0 Å². The number of carbonyl (C=O) groups excluding carboxylic acids is 1. The second-order valence-corrected chi connectivity index (χ2v) is 9.09. The van der Waals surface area contributed by atoms with Gasteiger partial charge < -0.3 is 20.9 Å². The molecule has 0 aliphatic carbocycles. The van der Waals surface area contributed by atoms with Crippen molar-refractivity contribution in [3.8, 4) is 0 Å². The highest BCUT2D eigenvalue weighted by atomic mass is 32.2. The molecule has 0 aliphatic heterocycles. The van der Waals surface area contributed by atoms with Gasteiger partial charge in [-0.1, -0.05) is 37.3 Å². The van der Waals surface area contributed by atoms with Crippen molar-refractivity contribution in [2.45, 2.75) is 30.5 Å². The van der Waals surface area contributed by atoms with E-state index in [-0.39, 0.29) is 5.91 Å². The summed E-state index contributed by atoms with van der Waals surface area (Å²) >= 11 is 1.84. The standard InChI is InChI=1S/C24H35N5OS/c1-5-25-24(27-17-19(2)31-22-12-7-6-8-13-22)28-18-20-10-9-11-21(16-20)23(30)26-14-15-29(3)4/h6-13,16,19H,5,14-15,17-18H2,1-4H3,(H,26,30)(H2,25,27,28). The Morgan fingerprint density at radius 1 is 1.06 bits per heavy atom. The number of aliphatic imine (C=N–C) groups is 1. The summed E-state index contributed by atoms with van der Waals surface area (Å²) in [5, 5.41) is 10.1. The smallest absolute Gasteiger partial charge is 0.251 e. The summed E-state index contributed by atoms with van der Waals surface area (Å²) in [6.45, 7) is 7.80. The van der Waals surface area contributed by atoms with Crippen molar-refractivity contribution in [2.75, 3.05) is 40.3 Å². The minimum Gasteiger partial charge on any atom is -0.357 e. The molecule has 0 aromatic heterocycles. The van der Waals surface area contributed by atoms with Gasteiger partial charge in [0.1, 0.15) is 0 Å². The first-order valence-electron chi connectivity index (χ1n) is 10.7. The summed E-state index contributed by atoms with van der Waals surface area (Å²) < 4.78 is 0. The molecule has 6 nitrogen and oxygen atoms in total. The van der Waals surface area contributed by atoms with E-state index < -0.39 is 0 Å². The predicted molar refractivity (Wildman–Crippen MR) is 132 cm³/mol. The van der Waals surface area contributed by atoms with Crippen LogP contribution in [0.4, 0.5) is 0 Å². The van der Waals surface area contributed by atoms with Crippen molar-refractivity contribution < 1.29 is 4.79 Å². The molecule has 31 heavy (non-hydrogen) atoms.